The summed E-state index contributed by atoms with van der Waals surface area (Å²) in [6.07, 6.45) is 1.03. The van der Waals surface area contributed by atoms with Gasteiger partial charge < -0.3 is 4.74 Å². The van der Waals surface area contributed by atoms with Crippen molar-refractivity contribution in [3.63, 3.8) is 0 Å². The first-order valence-corrected chi connectivity index (χ1v) is 9.06. The Morgan fingerprint density at radius 1 is 0.964 bits per heavy atom. The molecule has 0 aliphatic rings. The average Bonchev–Trinajstić information content (AvgIpc) is 2.67. The summed E-state index contributed by atoms with van der Waals surface area (Å²) in [6, 6.07) is 16.9. The van der Waals surface area contributed by atoms with Gasteiger partial charge in [-0.1, -0.05) is 53.5 Å². The van der Waals surface area contributed by atoms with Crippen molar-refractivity contribution in [3.8, 4) is 11.5 Å². The second kappa shape index (κ2) is 7.50. The van der Waals surface area contributed by atoms with E-state index in [1.807, 2.05) is 42.5 Å². The van der Waals surface area contributed by atoms with Crippen molar-refractivity contribution in [2.75, 3.05) is 0 Å². The summed E-state index contributed by atoms with van der Waals surface area (Å²) < 4.78 is 7.00. The number of H-pyrrole nitrogens is 1. The highest BCUT2D eigenvalue weighted by atomic mass is 35.5. The first kappa shape index (κ1) is 18.3. The monoisotopic (exact) mass is 413 g/mol. The Hall–Kier alpha value is -3.09. The SMILES string of the molecule is O=c1cnn(Cc2cc(Cl)c(Oc3ccc4ccccc4c3)c(Cl)c2)c(=O)[nH]1. The predicted octanol–water partition coefficient (Wildman–Crippen LogP) is 4.23. The summed E-state index contributed by atoms with van der Waals surface area (Å²) in [5.74, 6) is 0.929. The lowest BCUT2D eigenvalue weighted by Gasteiger charge is -2.12. The molecule has 0 fully saturated rings. The molecule has 1 heterocycles. The Labute approximate surface area is 168 Å². The maximum Gasteiger partial charge on any atom is 0.345 e. The van der Waals surface area contributed by atoms with Gasteiger partial charge in [0.15, 0.2) is 5.75 Å². The van der Waals surface area contributed by atoms with Crippen molar-refractivity contribution in [1.82, 2.24) is 14.8 Å². The first-order valence-electron chi connectivity index (χ1n) is 8.30. The molecule has 0 bridgehead atoms. The van der Waals surface area contributed by atoms with Gasteiger partial charge in [-0.25, -0.2) is 9.48 Å². The van der Waals surface area contributed by atoms with Gasteiger partial charge in [-0.05, 0) is 40.6 Å². The van der Waals surface area contributed by atoms with Gasteiger partial charge in [0.1, 0.15) is 11.9 Å². The van der Waals surface area contributed by atoms with Crippen LogP contribution < -0.4 is 16.0 Å². The molecule has 0 saturated carbocycles. The van der Waals surface area contributed by atoms with Crippen LogP contribution in [0.3, 0.4) is 0 Å². The summed E-state index contributed by atoms with van der Waals surface area (Å²) in [5, 5.41) is 6.53. The van der Waals surface area contributed by atoms with Crippen molar-refractivity contribution < 1.29 is 4.74 Å². The zero-order valence-corrected chi connectivity index (χ0v) is 15.9. The number of aromatic nitrogens is 3. The standard InChI is InChI=1S/C20H13Cl2N3O3/c21-16-7-12(11-25-20(27)24-18(26)10-23-25)8-17(22)19(16)28-15-6-5-13-3-1-2-4-14(13)9-15/h1-10H,11H2,(H,24,26,27). The van der Waals surface area contributed by atoms with Gasteiger partial charge in [0, 0.05) is 0 Å². The first-order chi connectivity index (χ1) is 13.5. The lowest BCUT2D eigenvalue weighted by molar-refractivity contribution is 0.483. The Bertz CT molecular complexity index is 1270. The van der Waals surface area contributed by atoms with Crippen LogP contribution in [0.15, 0.2) is 70.4 Å². The number of nitrogens with one attached hydrogen (secondary N) is 1. The molecule has 8 heteroatoms. The average molecular weight is 414 g/mol. The Morgan fingerprint density at radius 2 is 1.68 bits per heavy atom. The fraction of sp³-hybridized carbons (Fsp3) is 0.0500. The normalized spacial score (nSPS) is 10.9. The molecule has 1 N–H and O–H groups in total. The highest BCUT2D eigenvalue weighted by Crippen LogP contribution is 2.38. The minimum atomic E-state index is -0.615. The second-order valence-corrected chi connectivity index (χ2v) is 6.91. The van der Waals surface area contributed by atoms with E-state index in [0.29, 0.717) is 27.1 Å². The summed E-state index contributed by atoms with van der Waals surface area (Å²) in [5.41, 5.74) is -0.532. The maximum atomic E-state index is 11.8. The Morgan fingerprint density at radius 3 is 2.39 bits per heavy atom. The quantitative estimate of drug-likeness (QED) is 0.542. The number of aromatic amines is 1. The van der Waals surface area contributed by atoms with Crippen LogP contribution in [0.2, 0.25) is 10.0 Å². The molecule has 0 saturated heterocycles. The lowest BCUT2D eigenvalue weighted by Crippen LogP contribution is -2.31. The highest BCUT2D eigenvalue weighted by Gasteiger charge is 2.12. The molecule has 140 valence electrons. The van der Waals surface area contributed by atoms with Gasteiger partial charge in [0.2, 0.25) is 0 Å². The Kier molecular flexibility index (Phi) is 4.90. The smallest absolute Gasteiger partial charge is 0.345 e. The van der Waals surface area contributed by atoms with Crippen molar-refractivity contribution in [3.05, 3.63) is 97.2 Å². The fourth-order valence-corrected chi connectivity index (χ4v) is 3.42. The van der Waals surface area contributed by atoms with Gasteiger partial charge in [0.05, 0.1) is 16.6 Å². The highest BCUT2D eigenvalue weighted by molar-refractivity contribution is 6.37. The molecular formula is C20H13Cl2N3O3. The molecule has 4 rings (SSSR count). The summed E-state index contributed by atoms with van der Waals surface area (Å²) in [7, 11) is 0. The van der Waals surface area contributed by atoms with Crippen molar-refractivity contribution >= 4 is 34.0 Å². The molecule has 4 aromatic rings. The van der Waals surface area contributed by atoms with Gasteiger partial charge in [-0.15, -0.1) is 0 Å². The minimum absolute atomic E-state index is 0.102. The number of benzene rings is 3. The fourth-order valence-electron chi connectivity index (χ4n) is 2.81. The van der Waals surface area contributed by atoms with Crippen LogP contribution in [0.25, 0.3) is 10.8 Å². The third-order valence-corrected chi connectivity index (χ3v) is 4.67. The van der Waals surface area contributed by atoms with E-state index in [2.05, 4.69) is 10.1 Å². The number of rotatable bonds is 4. The molecule has 1 aromatic heterocycles. The number of hydrogen-bond donors (Lipinski definition) is 1. The number of fused-ring (bicyclic) bond motifs is 1. The van der Waals surface area contributed by atoms with E-state index in [1.54, 1.807) is 12.1 Å². The molecule has 0 aliphatic heterocycles. The molecule has 0 amide bonds. The molecular weight excluding hydrogens is 401 g/mol. The van der Waals surface area contributed by atoms with E-state index in [9.17, 15) is 9.59 Å². The summed E-state index contributed by atoms with van der Waals surface area (Å²) in [4.78, 5) is 25.0. The Balaban J connectivity index is 1.63. The molecule has 0 aliphatic carbocycles. The van der Waals surface area contributed by atoms with Crippen molar-refractivity contribution in [2.45, 2.75) is 6.54 Å². The van der Waals surface area contributed by atoms with Gasteiger partial charge in [-0.3, -0.25) is 9.78 Å². The number of halogens is 2. The molecule has 28 heavy (non-hydrogen) atoms. The van der Waals surface area contributed by atoms with E-state index in [0.717, 1.165) is 21.7 Å². The van der Waals surface area contributed by atoms with E-state index >= 15 is 0 Å². The summed E-state index contributed by atoms with van der Waals surface area (Å²) in [6.45, 7) is 0.102. The van der Waals surface area contributed by atoms with Crippen LogP contribution in [0.5, 0.6) is 11.5 Å². The zero-order valence-electron chi connectivity index (χ0n) is 14.4. The molecule has 0 spiro atoms. The van der Waals surface area contributed by atoms with Crippen LogP contribution in [-0.4, -0.2) is 14.8 Å². The maximum absolute atomic E-state index is 11.8. The van der Waals surface area contributed by atoms with Crippen LogP contribution in [0.4, 0.5) is 0 Å². The molecule has 0 radical (unpaired) electrons. The molecule has 6 nitrogen and oxygen atoms in total. The van der Waals surface area contributed by atoms with E-state index < -0.39 is 11.2 Å². The number of hydrogen-bond acceptors (Lipinski definition) is 4. The number of ether oxygens (including phenoxy) is 1. The van der Waals surface area contributed by atoms with Gasteiger partial charge >= 0.3 is 5.69 Å². The van der Waals surface area contributed by atoms with Crippen LogP contribution in [0.1, 0.15) is 5.56 Å². The van der Waals surface area contributed by atoms with Gasteiger partial charge in [-0.2, -0.15) is 5.10 Å². The van der Waals surface area contributed by atoms with Crippen molar-refractivity contribution in [1.29, 1.82) is 0 Å². The van der Waals surface area contributed by atoms with Crippen LogP contribution >= 0.6 is 23.2 Å². The predicted molar refractivity (Wildman–Crippen MR) is 109 cm³/mol. The molecule has 0 atom stereocenters. The second-order valence-electron chi connectivity index (χ2n) is 6.10. The summed E-state index contributed by atoms with van der Waals surface area (Å²) >= 11 is 12.7. The topological polar surface area (TPSA) is 77.0 Å². The molecule has 0 unspecified atom stereocenters. The largest absolute Gasteiger partial charge is 0.454 e. The molecule has 3 aromatic carbocycles. The van der Waals surface area contributed by atoms with Crippen LogP contribution in [0, 0.1) is 0 Å². The van der Waals surface area contributed by atoms with Gasteiger partial charge in [0.25, 0.3) is 5.56 Å². The third kappa shape index (κ3) is 3.78. The van der Waals surface area contributed by atoms with E-state index in [4.69, 9.17) is 27.9 Å². The van der Waals surface area contributed by atoms with Crippen molar-refractivity contribution in [2.24, 2.45) is 0 Å². The minimum Gasteiger partial charge on any atom is -0.454 e. The third-order valence-electron chi connectivity index (χ3n) is 4.11. The van der Waals surface area contributed by atoms with Crippen LogP contribution in [-0.2, 0) is 6.54 Å². The van der Waals surface area contributed by atoms with E-state index in [1.165, 1.54) is 0 Å². The number of nitrogens with zero attached hydrogens (tertiary/aromatic N) is 2. The lowest BCUT2D eigenvalue weighted by atomic mass is 10.1. The van der Waals surface area contributed by atoms with E-state index in [-0.39, 0.29) is 6.54 Å². The zero-order chi connectivity index (χ0) is 19.7.